The molecule has 0 spiro atoms. The van der Waals surface area contributed by atoms with Gasteiger partial charge in [-0.15, -0.1) is 0 Å². The number of carbonyl (C=O) groups is 3. The molecule has 6 bridgehead atoms. The average molecular weight is 624 g/mol. The van der Waals surface area contributed by atoms with E-state index in [-0.39, 0.29) is 43.5 Å². The van der Waals surface area contributed by atoms with Crippen molar-refractivity contribution in [3.63, 3.8) is 0 Å². The van der Waals surface area contributed by atoms with Crippen molar-refractivity contribution >= 4 is 17.7 Å². The summed E-state index contributed by atoms with van der Waals surface area (Å²) in [5.41, 5.74) is 2.76. The van der Waals surface area contributed by atoms with E-state index in [4.69, 9.17) is 14.2 Å². The van der Waals surface area contributed by atoms with Gasteiger partial charge in [0.1, 0.15) is 29.2 Å². The van der Waals surface area contributed by atoms with Crippen LogP contribution in [0.2, 0.25) is 0 Å². The highest BCUT2D eigenvalue weighted by molar-refractivity contribution is 5.96. The predicted molar refractivity (Wildman–Crippen MR) is 169 cm³/mol. The molecule has 4 aromatic rings. The molecule has 1 fully saturated rings. The van der Waals surface area contributed by atoms with Crippen LogP contribution in [0.3, 0.4) is 0 Å². The van der Waals surface area contributed by atoms with Crippen molar-refractivity contribution in [1.29, 1.82) is 0 Å². The van der Waals surface area contributed by atoms with Crippen molar-refractivity contribution < 1.29 is 33.0 Å². The Kier molecular flexibility index (Phi) is 9.14. The second kappa shape index (κ2) is 13.7. The first-order chi connectivity index (χ1) is 22.4. The smallest absolute Gasteiger partial charge is 0.258 e. The molecule has 2 N–H and O–H groups in total. The van der Waals surface area contributed by atoms with E-state index in [9.17, 15) is 14.4 Å². The van der Waals surface area contributed by atoms with E-state index in [1.807, 2.05) is 36.4 Å². The second-order valence-electron chi connectivity index (χ2n) is 11.3. The van der Waals surface area contributed by atoms with Gasteiger partial charge in [0, 0.05) is 37.7 Å². The lowest BCUT2D eigenvalue weighted by Crippen LogP contribution is -2.58. The van der Waals surface area contributed by atoms with Crippen LogP contribution in [-0.2, 0) is 22.6 Å². The summed E-state index contributed by atoms with van der Waals surface area (Å²) in [6.07, 6.45) is 0.133. The van der Waals surface area contributed by atoms with Gasteiger partial charge < -0.3 is 29.7 Å². The number of piperidine rings is 1. The van der Waals surface area contributed by atoms with E-state index in [1.54, 1.807) is 47.4 Å². The fourth-order valence-corrected chi connectivity index (χ4v) is 5.72. The van der Waals surface area contributed by atoms with Crippen molar-refractivity contribution in [3.8, 4) is 28.4 Å². The second-order valence-corrected chi connectivity index (χ2v) is 11.3. The Balaban J connectivity index is 1.33. The summed E-state index contributed by atoms with van der Waals surface area (Å²) in [5.74, 6) is -0.255. The number of hydrogen-bond acceptors (Lipinski definition) is 6. The molecule has 2 atom stereocenters. The molecular formula is C36H34FN3O6. The predicted octanol–water partition coefficient (Wildman–Crippen LogP) is 4.53. The van der Waals surface area contributed by atoms with Crippen molar-refractivity contribution in [2.75, 3.05) is 26.8 Å². The van der Waals surface area contributed by atoms with Crippen molar-refractivity contribution in [1.82, 2.24) is 15.5 Å². The van der Waals surface area contributed by atoms with E-state index in [0.717, 1.165) is 11.1 Å². The fraction of sp³-hybridized carbons (Fsp3) is 0.250. The molecule has 0 saturated carbocycles. The first kappa shape index (κ1) is 30.6. The van der Waals surface area contributed by atoms with Gasteiger partial charge in [-0.2, -0.15) is 0 Å². The Hall–Kier alpha value is -5.38. The Morgan fingerprint density at radius 1 is 0.957 bits per heavy atom. The Bertz CT molecular complexity index is 1750. The van der Waals surface area contributed by atoms with Crippen molar-refractivity contribution in [3.05, 3.63) is 114 Å². The molecule has 4 aromatic carbocycles. The maximum atomic E-state index is 15.2. The first-order valence-electron chi connectivity index (χ1n) is 15.1. The molecule has 3 heterocycles. The highest BCUT2D eigenvalue weighted by Crippen LogP contribution is 2.29. The third-order valence-electron chi connectivity index (χ3n) is 8.19. The van der Waals surface area contributed by atoms with Crippen LogP contribution < -0.4 is 24.8 Å². The summed E-state index contributed by atoms with van der Waals surface area (Å²) in [4.78, 5) is 41.3. The maximum absolute atomic E-state index is 15.2. The van der Waals surface area contributed by atoms with Gasteiger partial charge in [-0.3, -0.25) is 14.4 Å². The molecule has 3 aliphatic rings. The van der Waals surface area contributed by atoms with E-state index in [2.05, 4.69) is 10.6 Å². The molecule has 3 amide bonds. The number of nitrogens with zero attached hydrogens (tertiary/aromatic N) is 1. The quantitative estimate of drug-likeness (QED) is 0.348. The maximum Gasteiger partial charge on any atom is 0.258 e. The molecule has 3 aliphatic heterocycles. The number of methoxy groups -OCH3 is 1. The number of carbonyl (C=O) groups excluding carboxylic acids is 3. The zero-order valence-corrected chi connectivity index (χ0v) is 25.3. The number of halogens is 1. The van der Waals surface area contributed by atoms with Gasteiger partial charge in [0.25, 0.3) is 11.8 Å². The zero-order valence-electron chi connectivity index (χ0n) is 25.3. The lowest BCUT2D eigenvalue weighted by Gasteiger charge is -2.39. The molecular weight excluding hydrogens is 589 g/mol. The average Bonchev–Trinajstić information content (AvgIpc) is 3.07. The summed E-state index contributed by atoms with van der Waals surface area (Å²) in [5, 5.41) is 5.82. The number of amides is 3. The van der Waals surface area contributed by atoms with Crippen LogP contribution in [0.4, 0.5) is 4.39 Å². The molecule has 0 aliphatic carbocycles. The minimum atomic E-state index is -0.682. The van der Waals surface area contributed by atoms with E-state index >= 15 is 4.39 Å². The van der Waals surface area contributed by atoms with E-state index in [1.165, 1.54) is 19.2 Å². The molecule has 46 heavy (non-hydrogen) atoms. The lowest BCUT2D eigenvalue weighted by molar-refractivity contribution is -0.133. The van der Waals surface area contributed by atoms with Gasteiger partial charge in [-0.1, -0.05) is 48.5 Å². The van der Waals surface area contributed by atoms with Crippen LogP contribution in [0.1, 0.15) is 27.9 Å². The number of rotatable bonds is 3. The molecule has 0 aromatic heterocycles. The first-order valence-corrected chi connectivity index (χ1v) is 15.1. The van der Waals surface area contributed by atoms with Gasteiger partial charge in [0.2, 0.25) is 5.91 Å². The van der Waals surface area contributed by atoms with Gasteiger partial charge in [-0.25, -0.2) is 4.39 Å². The molecule has 0 unspecified atom stereocenters. The minimum Gasteiger partial charge on any atom is -0.496 e. The highest BCUT2D eigenvalue weighted by Gasteiger charge is 2.35. The standard InChI is InChI=1S/C36H34FN3O6/c1-44-33-19-28-12-10-26(33)20-38-34(41)22-45-27-9-5-8-24(17-27)25-11-13-30(37)29(18-25)36(43)39-31-21-40(15-14-32(31)46-28)35(42)16-23-6-3-2-4-7-23/h2-13,17-19,31-32H,14-16,20-22H2,1H3,(H,38,41)(H,39,43)/t31-,32+/m1/s1. The molecule has 9 nitrogen and oxygen atoms in total. The topological polar surface area (TPSA) is 106 Å². The molecule has 1 saturated heterocycles. The normalized spacial score (nSPS) is 18.3. The largest absolute Gasteiger partial charge is 0.496 e. The van der Waals surface area contributed by atoms with Crippen molar-refractivity contribution in [2.24, 2.45) is 0 Å². The van der Waals surface area contributed by atoms with E-state index in [0.29, 0.717) is 41.3 Å². The summed E-state index contributed by atoms with van der Waals surface area (Å²) >= 11 is 0. The number of benzene rings is 4. The van der Waals surface area contributed by atoms with Crippen LogP contribution in [-0.4, -0.2) is 61.6 Å². The monoisotopic (exact) mass is 623 g/mol. The summed E-state index contributed by atoms with van der Waals surface area (Å²) in [6.45, 7) is 0.610. The zero-order chi connectivity index (χ0) is 32.0. The number of likely N-dealkylation sites (tertiary alicyclic amines) is 1. The summed E-state index contributed by atoms with van der Waals surface area (Å²) in [6, 6.07) is 25.4. The Morgan fingerprint density at radius 2 is 1.78 bits per heavy atom. The Morgan fingerprint density at radius 3 is 2.61 bits per heavy atom. The number of hydrogen-bond donors (Lipinski definition) is 2. The number of ether oxygens (including phenoxy) is 3. The number of fused-ring (bicyclic) bond motifs is 7. The van der Waals surface area contributed by atoms with Crippen LogP contribution >= 0.6 is 0 Å². The minimum absolute atomic E-state index is 0.0753. The van der Waals surface area contributed by atoms with Crippen LogP contribution in [0.5, 0.6) is 17.2 Å². The van der Waals surface area contributed by atoms with Crippen LogP contribution in [0, 0.1) is 5.82 Å². The van der Waals surface area contributed by atoms with Gasteiger partial charge in [-0.05, 0) is 53.1 Å². The number of nitrogens with one attached hydrogen (secondary N) is 2. The van der Waals surface area contributed by atoms with Gasteiger partial charge in [0.05, 0.1) is 25.1 Å². The fourth-order valence-electron chi connectivity index (χ4n) is 5.72. The molecule has 0 radical (unpaired) electrons. The molecule has 236 valence electrons. The van der Waals surface area contributed by atoms with Crippen molar-refractivity contribution in [2.45, 2.75) is 31.5 Å². The third-order valence-corrected chi connectivity index (χ3v) is 8.19. The SMILES string of the molecule is COc1cc2ccc1CNC(=O)COc1cccc(c1)-c1ccc(F)c(c1)C(=O)N[C@@H]1CN(C(=O)Cc3ccccc3)CC[C@@H]1O2. The molecule has 7 rings (SSSR count). The summed E-state index contributed by atoms with van der Waals surface area (Å²) in [7, 11) is 1.53. The van der Waals surface area contributed by atoms with Crippen LogP contribution in [0.15, 0.2) is 91.0 Å². The summed E-state index contributed by atoms with van der Waals surface area (Å²) < 4.78 is 32.9. The highest BCUT2D eigenvalue weighted by atomic mass is 19.1. The third kappa shape index (κ3) is 7.12. The van der Waals surface area contributed by atoms with Gasteiger partial charge >= 0.3 is 0 Å². The van der Waals surface area contributed by atoms with E-state index < -0.39 is 23.9 Å². The van der Waals surface area contributed by atoms with Gasteiger partial charge in [0.15, 0.2) is 6.61 Å². The van der Waals surface area contributed by atoms with Crippen LogP contribution in [0.25, 0.3) is 11.1 Å². The molecule has 10 heteroatoms. The Labute approximate surface area is 266 Å². The lowest BCUT2D eigenvalue weighted by atomic mass is 9.99.